The number of anilines is 1. The van der Waals surface area contributed by atoms with E-state index < -0.39 is 10.9 Å². The van der Waals surface area contributed by atoms with E-state index in [1.165, 1.54) is 37.6 Å². The number of carboxylic acid groups (broad SMARTS) is 1. The highest BCUT2D eigenvalue weighted by molar-refractivity contribution is 5.88. The second-order valence-electron chi connectivity index (χ2n) is 5.60. The molecule has 0 saturated heterocycles. The predicted octanol–water partition coefficient (Wildman–Crippen LogP) is 4.01. The van der Waals surface area contributed by atoms with Gasteiger partial charge in [0.15, 0.2) is 0 Å². The first-order valence-electron chi connectivity index (χ1n) is 8.03. The Hall–Kier alpha value is -4.14. The molecule has 3 aromatic rings. The minimum Gasteiger partial charge on any atom is -0.496 e. The number of nitrogens with one attached hydrogen (secondary N) is 1. The minimum atomic E-state index is -1.00. The molecule has 1 aromatic heterocycles. The average molecular weight is 381 g/mol. The van der Waals surface area contributed by atoms with E-state index in [1.54, 1.807) is 30.3 Å². The SMILES string of the molecule is COc1cc([N+](=O)[O-])ccc1-c1ccc(C=NNc2ccc(C(=O)O)cc2)o1. The number of nitrogens with zero attached hydrogens (tertiary/aromatic N) is 2. The maximum absolute atomic E-state index is 10.9. The molecule has 0 unspecified atom stereocenters. The van der Waals surface area contributed by atoms with Crippen molar-refractivity contribution in [3.8, 4) is 17.1 Å². The quantitative estimate of drug-likeness (QED) is 0.359. The van der Waals surface area contributed by atoms with Crippen molar-refractivity contribution >= 4 is 23.6 Å². The third-order valence-electron chi connectivity index (χ3n) is 3.81. The molecule has 0 radical (unpaired) electrons. The van der Waals surface area contributed by atoms with E-state index in [9.17, 15) is 14.9 Å². The van der Waals surface area contributed by atoms with Crippen molar-refractivity contribution in [2.75, 3.05) is 12.5 Å². The summed E-state index contributed by atoms with van der Waals surface area (Å²) < 4.78 is 10.9. The number of rotatable bonds is 7. The van der Waals surface area contributed by atoms with Crippen molar-refractivity contribution in [3.63, 3.8) is 0 Å². The number of carboxylic acids is 1. The van der Waals surface area contributed by atoms with Crippen LogP contribution in [-0.2, 0) is 0 Å². The number of carbonyl (C=O) groups is 1. The number of furan rings is 1. The van der Waals surface area contributed by atoms with Crippen LogP contribution in [0.25, 0.3) is 11.3 Å². The van der Waals surface area contributed by atoms with Gasteiger partial charge in [-0.15, -0.1) is 0 Å². The lowest BCUT2D eigenvalue weighted by molar-refractivity contribution is -0.384. The Balaban J connectivity index is 1.72. The van der Waals surface area contributed by atoms with E-state index in [2.05, 4.69) is 10.5 Å². The number of ether oxygens (including phenoxy) is 1. The molecule has 0 aliphatic rings. The van der Waals surface area contributed by atoms with Gasteiger partial charge in [-0.2, -0.15) is 5.10 Å². The standard InChI is InChI=1S/C19H15N3O6/c1-27-18-10-14(22(25)26)6-8-16(18)17-9-7-15(28-17)11-20-21-13-4-2-12(3-5-13)19(23)24/h2-11,21H,1H3,(H,23,24). The number of nitro groups is 1. The zero-order valence-corrected chi connectivity index (χ0v) is 14.7. The van der Waals surface area contributed by atoms with Gasteiger partial charge < -0.3 is 14.3 Å². The molecule has 0 bridgehead atoms. The van der Waals surface area contributed by atoms with Gasteiger partial charge in [0.1, 0.15) is 17.3 Å². The summed E-state index contributed by atoms with van der Waals surface area (Å²) in [5.41, 5.74) is 4.06. The van der Waals surface area contributed by atoms with E-state index in [1.807, 2.05) is 0 Å². The molecule has 0 saturated carbocycles. The van der Waals surface area contributed by atoms with E-state index in [4.69, 9.17) is 14.3 Å². The van der Waals surface area contributed by atoms with Crippen LogP contribution in [0.5, 0.6) is 5.75 Å². The zero-order chi connectivity index (χ0) is 20.1. The first kappa shape index (κ1) is 18.6. The lowest BCUT2D eigenvalue weighted by atomic mass is 10.1. The number of non-ortho nitro benzene ring substituents is 1. The Bertz CT molecular complexity index is 1040. The van der Waals surface area contributed by atoms with Crippen molar-refractivity contribution in [1.82, 2.24) is 0 Å². The molecule has 9 nitrogen and oxygen atoms in total. The van der Waals surface area contributed by atoms with Gasteiger partial charge >= 0.3 is 5.97 Å². The summed E-state index contributed by atoms with van der Waals surface area (Å²) in [6.45, 7) is 0. The summed E-state index contributed by atoms with van der Waals surface area (Å²) in [6.07, 6.45) is 1.45. The van der Waals surface area contributed by atoms with E-state index in [0.717, 1.165) is 0 Å². The molecule has 3 rings (SSSR count). The lowest BCUT2D eigenvalue weighted by Gasteiger charge is -2.05. The Morgan fingerprint density at radius 1 is 1.21 bits per heavy atom. The van der Waals surface area contributed by atoms with Gasteiger partial charge in [-0.3, -0.25) is 15.5 Å². The van der Waals surface area contributed by atoms with Gasteiger partial charge in [0.2, 0.25) is 0 Å². The Morgan fingerprint density at radius 2 is 1.96 bits per heavy atom. The van der Waals surface area contributed by atoms with Gasteiger partial charge in [0, 0.05) is 6.07 Å². The number of aromatic carboxylic acids is 1. The van der Waals surface area contributed by atoms with Crippen LogP contribution in [-0.4, -0.2) is 29.3 Å². The molecule has 0 spiro atoms. The minimum absolute atomic E-state index is 0.0768. The maximum Gasteiger partial charge on any atom is 0.335 e. The van der Waals surface area contributed by atoms with Crippen molar-refractivity contribution < 1.29 is 24.0 Å². The molecular weight excluding hydrogens is 366 g/mol. The number of benzene rings is 2. The summed E-state index contributed by atoms with van der Waals surface area (Å²) in [5.74, 6) is 0.243. The van der Waals surface area contributed by atoms with E-state index >= 15 is 0 Å². The summed E-state index contributed by atoms with van der Waals surface area (Å²) in [5, 5.41) is 23.8. The van der Waals surface area contributed by atoms with Gasteiger partial charge in [-0.05, 0) is 42.5 Å². The summed E-state index contributed by atoms with van der Waals surface area (Å²) in [4.78, 5) is 21.2. The van der Waals surface area contributed by atoms with Crippen LogP contribution in [0, 0.1) is 10.1 Å². The summed E-state index contributed by atoms with van der Waals surface area (Å²) in [6, 6.07) is 13.8. The van der Waals surface area contributed by atoms with Gasteiger partial charge in [0.25, 0.3) is 5.69 Å². The molecule has 0 aliphatic heterocycles. The van der Waals surface area contributed by atoms with E-state index in [0.29, 0.717) is 28.5 Å². The fourth-order valence-electron chi connectivity index (χ4n) is 2.42. The third-order valence-corrected chi connectivity index (χ3v) is 3.81. The Labute approximate surface area is 159 Å². The summed E-state index contributed by atoms with van der Waals surface area (Å²) >= 11 is 0. The number of hydrazone groups is 1. The second kappa shape index (κ2) is 8.04. The molecular formula is C19H15N3O6. The number of hydrogen-bond acceptors (Lipinski definition) is 7. The molecule has 9 heteroatoms. The van der Waals surface area contributed by atoms with Crippen molar-refractivity contribution in [2.24, 2.45) is 5.10 Å². The highest BCUT2D eigenvalue weighted by Gasteiger charge is 2.15. The number of hydrogen-bond donors (Lipinski definition) is 2. The fourth-order valence-corrected chi connectivity index (χ4v) is 2.42. The Kier molecular flexibility index (Phi) is 5.35. The molecule has 0 aliphatic carbocycles. The molecule has 2 aromatic carbocycles. The van der Waals surface area contributed by atoms with Crippen LogP contribution >= 0.6 is 0 Å². The first-order chi connectivity index (χ1) is 13.5. The molecule has 1 heterocycles. The number of nitro benzene ring substituents is 1. The number of methoxy groups -OCH3 is 1. The van der Waals surface area contributed by atoms with Crippen molar-refractivity contribution in [2.45, 2.75) is 0 Å². The van der Waals surface area contributed by atoms with Crippen molar-refractivity contribution in [1.29, 1.82) is 0 Å². The molecule has 0 amide bonds. The second-order valence-corrected chi connectivity index (χ2v) is 5.60. The largest absolute Gasteiger partial charge is 0.496 e. The van der Waals surface area contributed by atoms with Crippen LogP contribution in [0.2, 0.25) is 0 Å². The van der Waals surface area contributed by atoms with Crippen LogP contribution < -0.4 is 10.2 Å². The van der Waals surface area contributed by atoms with Gasteiger partial charge in [0.05, 0.1) is 41.1 Å². The lowest BCUT2D eigenvalue weighted by Crippen LogP contribution is -1.96. The fraction of sp³-hybridized carbons (Fsp3) is 0.0526. The summed E-state index contributed by atoms with van der Waals surface area (Å²) in [7, 11) is 1.42. The topological polar surface area (TPSA) is 127 Å². The Morgan fingerprint density at radius 3 is 2.61 bits per heavy atom. The molecule has 142 valence electrons. The molecule has 2 N–H and O–H groups in total. The zero-order valence-electron chi connectivity index (χ0n) is 14.7. The highest BCUT2D eigenvalue weighted by atomic mass is 16.6. The van der Waals surface area contributed by atoms with Gasteiger partial charge in [-0.1, -0.05) is 0 Å². The normalized spacial score (nSPS) is 10.8. The van der Waals surface area contributed by atoms with Crippen LogP contribution in [0.3, 0.4) is 0 Å². The smallest absolute Gasteiger partial charge is 0.335 e. The third kappa shape index (κ3) is 4.15. The monoisotopic (exact) mass is 381 g/mol. The predicted molar refractivity (Wildman–Crippen MR) is 102 cm³/mol. The average Bonchev–Trinajstić information content (AvgIpc) is 3.16. The first-order valence-corrected chi connectivity index (χ1v) is 8.03. The maximum atomic E-state index is 10.9. The van der Waals surface area contributed by atoms with Crippen LogP contribution in [0.1, 0.15) is 16.1 Å². The van der Waals surface area contributed by atoms with Crippen LogP contribution in [0.4, 0.5) is 11.4 Å². The molecule has 0 fully saturated rings. The molecule has 28 heavy (non-hydrogen) atoms. The molecule has 0 atom stereocenters. The van der Waals surface area contributed by atoms with Crippen LogP contribution in [0.15, 0.2) is 64.1 Å². The van der Waals surface area contributed by atoms with Crippen molar-refractivity contribution in [3.05, 3.63) is 76.0 Å². The van der Waals surface area contributed by atoms with Gasteiger partial charge in [-0.25, -0.2) is 4.79 Å². The highest BCUT2D eigenvalue weighted by Crippen LogP contribution is 2.34. The van der Waals surface area contributed by atoms with E-state index in [-0.39, 0.29) is 11.3 Å².